The van der Waals surface area contributed by atoms with Gasteiger partial charge in [0.2, 0.25) is 0 Å². The van der Waals surface area contributed by atoms with Crippen molar-refractivity contribution in [3.8, 4) is 0 Å². The quantitative estimate of drug-likeness (QED) is 0.769. The van der Waals surface area contributed by atoms with Crippen LogP contribution in [0.1, 0.15) is 15.5 Å². The number of hydrogen-bond donors (Lipinski definition) is 1. The van der Waals surface area contributed by atoms with Gasteiger partial charge in [0.15, 0.2) is 11.5 Å². The van der Waals surface area contributed by atoms with Crippen LogP contribution in [0.3, 0.4) is 0 Å². The summed E-state index contributed by atoms with van der Waals surface area (Å²) in [5.41, 5.74) is 7.04. The Morgan fingerprint density at radius 2 is 1.88 bits per heavy atom. The van der Waals surface area contributed by atoms with Crippen LogP contribution in [0.15, 0.2) is 36.7 Å². The van der Waals surface area contributed by atoms with E-state index < -0.39 is 0 Å². The van der Waals surface area contributed by atoms with Gasteiger partial charge in [-0.25, -0.2) is 15.0 Å². The van der Waals surface area contributed by atoms with E-state index in [-0.39, 0.29) is 17.4 Å². The van der Waals surface area contributed by atoms with E-state index in [4.69, 9.17) is 5.73 Å². The molecule has 1 aliphatic heterocycles. The third kappa shape index (κ3) is 3.31. The molecule has 0 radical (unpaired) electrons. The van der Waals surface area contributed by atoms with Crippen LogP contribution in [0.5, 0.6) is 0 Å². The molecule has 1 fully saturated rings. The highest BCUT2D eigenvalue weighted by Gasteiger charge is 2.25. The highest BCUT2D eigenvalue weighted by molar-refractivity contribution is 7.18. The number of piperazine rings is 1. The average molecular weight is 354 g/mol. The van der Waals surface area contributed by atoms with Crippen molar-refractivity contribution in [3.05, 3.63) is 47.4 Å². The van der Waals surface area contributed by atoms with Gasteiger partial charge in [0, 0.05) is 38.6 Å². The van der Waals surface area contributed by atoms with Crippen LogP contribution in [0.25, 0.3) is 10.2 Å². The van der Waals surface area contributed by atoms with Gasteiger partial charge >= 0.3 is 0 Å². The predicted molar refractivity (Wildman–Crippen MR) is 97.2 cm³/mol. The summed E-state index contributed by atoms with van der Waals surface area (Å²) in [5.74, 6) is 0.0367. The second-order valence-corrected chi connectivity index (χ2v) is 7.05. The van der Waals surface area contributed by atoms with Gasteiger partial charge < -0.3 is 10.6 Å². The van der Waals surface area contributed by atoms with Crippen LogP contribution in [-0.2, 0) is 6.54 Å². The van der Waals surface area contributed by atoms with Gasteiger partial charge in [0.25, 0.3) is 5.91 Å². The number of carbonyl (C=O) groups excluding carboxylic acids is 1. The topological polar surface area (TPSA) is 88.2 Å². The van der Waals surface area contributed by atoms with Crippen LogP contribution >= 0.6 is 11.3 Å². The van der Waals surface area contributed by atoms with E-state index in [9.17, 15) is 4.79 Å². The summed E-state index contributed by atoms with van der Waals surface area (Å²) in [6.07, 6.45) is 2.98. The van der Waals surface area contributed by atoms with Crippen molar-refractivity contribution in [2.24, 2.45) is 0 Å². The Bertz CT molecular complexity index is 870. The van der Waals surface area contributed by atoms with Crippen molar-refractivity contribution in [1.82, 2.24) is 24.8 Å². The summed E-state index contributed by atoms with van der Waals surface area (Å²) in [6, 6.07) is 8.18. The summed E-state index contributed by atoms with van der Waals surface area (Å²) < 4.78 is 1.21. The van der Waals surface area contributed by atoms with Gasteiger partial charge in [-0.1, -0.05) is 12.1 Å². The number of amides is 1. The maximum absolute atomic E-state index is 12.5. The third-order valence-corrected chi connectivity index (χ3v) is 5.31. The first kappa shape index (κ1) is 15.9. The Hall–Kier alpha value is -2.58. The normalized spacial score (nSPS) is 15.6. The van der Waals surface area contributed by atoms with Crippen LogP contribution in [0.2, 0.25) is 0 Å². The van der Waals surface area contributed by atoms with Gasteiger partial charge in [-0.05, 0) is 12.1 Å². The number of hydrogen-bond acceptors (Lipinski definition) is 7. The van der Waals surface area contributed by atoms with E-state index in [1.54, 1.807) is 16.2 Å². The molecule has 128 valence electrons. The molecule has 8 heteroatoms. The minimum Gasteiger partial charge on any atom is -0.382 e. The van der Waals surface area contributed by atoms with Crippen LogP contribution in [0.4, 0.5) is 5.82 Å². The van der Waals surface area contributed by atoms with E-state index in [1.807, 2.05) is 18.2 Å². The van der Waals surface area contributed by atoms with Crippen LogP contribution in [-0.4, -0.2) is 56.8 Å². The fraction of sp³-hybridized carbons (Fsp3) is 0.294. The highest BCUT2D eigenvalue weighted by atomic mass is 32.1. The van der Waals surface area contributed by atoms with E-state index in [0.29, 0.717) is 13.1 Å². The first-order valence-corrected chi connectivity index (χ1v) is 8.95. The molecule has 3 heterocycles. The van der Waals surface area contributed by atoms with Gasteiger partial charge in [-0.3, -0.25) is 9.69 Å². The largest absolute Gasteiger partial charge is 0.382 e. The number of carbonyl (C=O) groups is 1. The van der Waals surface area contributed by atoms with Gasteiger partial charge in [-0.2, -0.15) is 0 Å². The third-order valence-electron chi connectivity index (χ3n) is 4.29. The molecular formula is C17H18N6OS. The zero-order chi connectivity index (χ0) is 17.2. The molecule has 3 aromatic rings. The highest BCUT2D eigenvalue weighted by Crippen LogP contribution is 2.23. The number of anilines is 1. The molecule has 1 amide bonds. The van der Waals surface area contributed by atoms with Crippen molar-refractivity contribution in [2.45, 2.75) is 6.54 Å². The number of nitrogens with two attached hydrogens (primary N) is 1. The molecular weight excluding hydrogens is 336 g/mol. The smallest absolute Gasteiger partial charge is 0.276 e. The first-order chi connectivity index (χ1) is 12.2. The molecule has 1 saturated heterocycles. The van der Waals surface area contributed by atoms with E-state index in [1.165, 1.54) is 17.1 Å². The fourth-order valence-electron chi connectivity index (χ4n) is 2.95. The summed E-state index contributed by atoms with van der Waals surface area (Å²) in [6.45, 7) is 3.73. The minimum absolute atomic E-state index is 0.148. The second-order valence-electron chi connectivity index (χ2n) is 5.93. The monoisotopic (exact) mass is 354 g/mol. The lowest BCUT2D eigenvalue weighted by molar-refractivity contribution is 0.0623. The number of aromatic nitrogens is 3. The number of nitrogen functional groups attached to an aromatic ring is 1. The molecule has 7 nitrogen and oxygen atoms in total. The second kappa shape index (κ2) is 6.73. The Morgan fingerprint density at radius 3 is 2.64 bits per heavy atom. The molecule has 0 unspecified atom stereocenters. The lowest BCUT2D eigenvalue weighted by Gasteiger charge is -2.34. The van der Waals surface area contributed by atoms with Crippen molar-refractivity contribution in [1.29, 1.82) is 0 Å². The first-order valence-electron chi connectivity index (χ1n) is 8.13. The van der Waals surface area contributed by atoms with Gasteiger partial charge in [0.1, 0.15) is 5.01 Å². The van der Waals surface area contributed by atoms with Crippen molar-refractivity contribution >= 4 is 33.3 Å². The average Bonchev–Trinajstić information content (AvgIpc) is 3.04. The van der Waals surface area contributed by atoms with E-state index in [2.05, 4.69) is 25.9 Å². The summed E-state index contributed by atoms with van der Waals surface area (Å²) in [4.78, 5) is 29.3. The lowest BCUT2D eigenvalue weighted by atomic mass is 10.2. The molecule has 0 spiro atoms. The van der Waals surface area contributed by atoms with Gasteiger partial charge in [-0.15, -0.1) is 11.3 Å². The Labute approximate surface area is 149 Å². The summed E-state index contributed by atoms with van der Waals surface area (Å²) in [7, 11) is 0. The molecule has 1 aliphatic rings. The maximum Gasteiger partial charge on any atom is 0.276 e. The molecule has 2 aromatic heterocycles. The number of rotatable bonds is 3. The molecule has 2 N–H and O–H groups in total. The van der Waals surface area contributed by atoms with E-state index in [0.717, 1.165) is 30.2 Å². The van der Waals surface area contributed by atoms with Crippen LogP contribution in [0, 0.1) is 0 Å². The molecule has 0 atom stereocenters. The summed E-state index contributed by atoms with van der Waals surface area (Å²) in [5, 5.41) is 1.11. The zero-order valence-corrected chi connectivity index (χ0v) is 14.4. The summed E-state index contributed by atoms with van der Waals surface area (Å²) >= 11 is 1.73. The number of thiazole rings is 1. The van der Waals surface area contributed by atoms with Crippen molar-refractivity contribution in [3.63, 3.8) is 0 Å². The van der Waals surface area contributed by atoms with E-state index >= 15 is 0 Å². The number of fused-ring (bicyclic) bond motifs is 1. The number of nitrogens with zero attached hydrogens (tertiary/aromatic N) is 5. The number of para-hydroxylation sites is 1. The number of benzene rings is 1. The Morgan fingerprint density at radius 1 is 1.12 bits per heavy atom. The maximum atomic E-state index is 12.5. The lowest BCUT2D eigenvalue weighted by Crippen LogP contribution is -2.48. The molecule has 4 rings (SSSR count). The van der Waals surface area contributed by atoms with Crippen molar-refractivity contribution < 1.29 is 4.79 Å². The Kier molecular flexibility index (Phi) is 4.29. The standard InChI is InChI=1S/C17H18N6OS/c18-16-15(19-5-6-20-16)17(24)23-9-7-22(8-10-23)11-14-21-12-3-1-2-4-13(12)25-14/h1-6H,7-11H2,(H2,18,20). The molecule has 0 saturated carbocycles. The molecule has 1 aromatic carbocycles. The predicted octanol–water partition coefficient (Wildman–Crippen LogP) is 1.63. The zero-order valence-electron chi connectivity index (χ0n) is 13.6. The molecule has 0 aliphatic carbocycles. The van der Waals surface area contributed by atoms with Gasteiger partial charge in [0.05, 0.1) is 16.8 Å². The SMILES string of the molecule is Nc1nccnc1C(=O)N1CCN(Cc2nc3ccccc3s2)CC1. The molecule has 0 bridgehead atoms. The Balaban J connectivity index is 1.38. The van der Waals surface area contributed by atoms with Crippen LogP contribution < -0.4 is 5.73 Å². The van der Waals surface area contributed by atoms with Crippen molar-refractivity contribution in [2.75, 3.05) is 31.9 Å². The molecule has 25 heavy (non-hydrogen) atoms. The fourth-order valence-corrected chi connectivity index (χ4v) is 3.96. The minimum atomic E-state index is -0.148.